The second-order valence-electron chi connectivity index (χ2n) is 4.82. The molecule has 1 aromatic heterocycles. The van der Waals surface area contributed by atoms with Crippen LogP contribution in [0.25, 0.3) is 0 Å². The molecule has 4 nitrogen and oxygen atoms in total. The van der Waals surface area contributed by atoms with Gasteiger partial charge in [-0.25, -0.2) is 4.98 Å². The van der Waals surface area contributed by atoms with E-state index in [1.165, 1.54) is 17.7 Å². The van der Waals surface area contributed by atoms with E-state index in [1.54, 1.807) is 7.11 Å². The molecule has 19 heavy (non-hydrogen) atoms. The molecule has 0 atom stereocenters. The average Bonchev–Trinajstić information content (AvgIpc) is 2.85. The zero-order valence-electron chi connectivity index (χ0n) is 11.4. The van der Waals surface area contributed by atoms with E-state index in [0.717, 1.165) is 31.7 Å². The van der Waals surface area contributed by atoms with E-state index >= 15 is 0 Å². The Hall–Kier alpha value is -1.20. The summed E-state index contributed by atoms with van der Waals surface area (Å²) in [4.78, 5) is 7.51. The summed E-state index contributed by atoms with van der Waals surface area (Å²) in [6.45, 7) is 2.28. The molecule has 1 aliphatic carbocycles. The number of aryl methyl sites for hydroxylation is 2. The molecule has 0 fully saturated rings. The van der Waals surface area contributed by atoms with Crippen LogP contribution in [0.4, 0.5) is 5.82 Å². The van der Waals surface area contributed by atoms with Gasteiger partial charge in [-0.2, -0.15) is 0 Å². The van der Waals surface area contributed by atoms with Crippen LogP contribution in [-0.2, 0) is 17.6 Å². The molecule has 1 heterocycles. The number of fused-ring (bicyclic) bond motifs is 1. The third-order valence-corrected chi connectivity index (χ3v) is 3.64. The highest BCUT2D eigenvalue weighted by molar-refractivity contribution is 7.80. The molecule has 1 aliphatic rings. The molecule has 5 heteroatoms. The van der Waals surface area contributed by atoms with Gasteiger partial charge in [-0.3, -0.25) is 0 Å². The molecule has 0 amide bonds. The van der Waals surface area contributed by atoms with E-state index in [-0.39, 0.29) is 0 Å². The fourth-order valence-corrected chi connectivity index (χ4v) is 2.46. The van der Waals surface area contributed by atoms with Crippen molar-refractivity contribution in [3.05, 3.63) is 23.4 Å². The third kappa shape index (κ3) is 3.88. The molecule has 0 spiro atoms. The van der Waals surface area contributed by atoms with Gasteiger partial charge in [0.05, 0.1) is 11.6 Å². The van der Waals surface area contributed by atoms with Crippen LogP contribution in [0.5, 0.6) is 0 Å². The minimum Gasteiger partial charge on any atom is -0.393 e. The highest BCUT2D eigenvalue weighted by Crippen LogP contribution is 2.23. The number of aromatic nitrogens is 1. The number of nitrogens with two attached hydrogens (primary N) is 1. The average molecular weight is 279 g/mol. The van der Waals surface area contributed by atoms with Crippen molar-refractivity contribution >= 4 is 23.0 Å². The zero-order valence-corrected chi connectivity index (χ0v) is 12.2. The van der Waals surface area contributed by atoms with Crippen LogP contribution in [0.3, 0.4) is 0 Å². The van der Waals surface area contributed by atoms with Gasteiger partial charge in [-0.05, 0) is 30.9 Å². The van der Waals surface area contributed by atoms with Gasteiger partial charge in [0.2, 0.25) is 0 Å². The van der Waals surface area contributed by atoms with E-state index < -0.39 is 0 Å². The number of ether oxygens (including phenoxy) is 1. The molecule has 0 unspecified atom stereocenters. The molecule has 0 aromatic carbocycles. The maximum absolute atomic E-state index is 5.59. The van der Waals surface area contributed by atoms with Crippen molar-refractivity contribution in [3.8, 4) is 0 Å². The Morgan fingerprint density at radius 1 is 1.42 bits per heavy atom. The fraction of sp³-hybridized carbons (Fsp3) is 0.571. The Bertz CT molecular complexity index is 450. The first-order valence-electron chi connectivity index (χ1n) is 6.71. The van der Waals surface area contributed by atoms with Crippen molar-refractivity contribution in [2.24, 2.45) is 5.73 Å². The van der Waals surface area contributed by atoms with E-state index in [4.69, 9.17) is 27.7 Å². The van der Waals surface area contributed by atoms with Gasteiger partial charge in [-0.15, -0.1) is 0 Å². The second-order valence-corrected chi connectivity index (χ2v) is 5.35. The smallest absolute Gasteiger partial charge is 0.128 e. The minimum absolute atomic E-state index is 0.545. The largest absolute Gasteiger partial charge is 0.393 e. The first-order valence-corrected chi connectivity index (χ1v) is 7.12. The lowest BCUT2D eigenvalue weighted by atomic mass is 10.2. The highest BCUT2D eigenvalue weighted by Gasteiger charge is 2.15. The van der Waals surface area contributed by atoms with Gasteiger partial charge < -0.3 is 15.4 Å². The van der Waals surface area contributed by atoms with Crippen molar-refractivity contribution in [3.63, 3.8) is 0 Å². The van der Waals surface area contributed by atoms with Crippen LogP contribution >= 0.6 is 12.2 Å². The number of methoxy groups -OCH3 is 1. The van der Waals surface area contributed by atoms with Crippen LogP contribution in [0.2, 0.25) is 0 Å². The summed E-state index contributed by atoms with van der Waals surface area (Å²) in [6.07, 6.45) is 4.18. The van der Waals surface area contributed by atoms with E-state index in [2.05, 4.69) is 17.0 Å². The van der Waals surface area contributed by atoms with Crippen LogP contribution in [0, 0.1) is 0 Å². The van der Waals surface area contributed by atoms with Gasteiger partial charge in [0.1, 0.15) is 5.82 Å². The Labute approximate surface area is 120 Å². The van der Waals surface area contributed by atoms with Gasteiger partial charge in [0.25, 0.3) is 0 Å². The number of anilines is 1. The molecule has 0 saturated carbocycles. The highest BCUT2D eigenvalue weighted by atomic mass is 32.1. The fourth-order valence-electron chi connectivity index (χ4n) is 2.37. The lowest BCUT2D eigenvalue weighted by Gasteiger charge is -2.23. The summed E-state index contributed by atoms with van der Waals surface area (Å²) in [7, 11) is 1.71. The van der Waals surface area contributed by atoms with Gasteiger partial charge >= 0.3 is 0 Å². The van der Waals surface area contributed by atoms with E-state index in [9.17, 15) is 0 Å². The maximum Gasteiger partial charge on any atom is 0.128 e. The standard InChI is InChI=1S/C14H21N3OS/c1-18-10-9-17(8-7-13(15)19)14-6-5-11-3-2-4-12(11)16-14/h5-6H,2-4,7-10H2,1H3,(H2,15,19). The molecule has 0 bridgehead atoms. The molecule has 0 aliphatic heterocycles. The number of hydrogen-bond acceptors (Lipinski definition) is 4. The van der Waals surface area contributed by atoms with Crippen molar-refractivity contribution in [1.82, 2.24) is 4.98 Å². The van der Waals surface area contributed by atoms with Gasteiger partial charge in [0, 0.05) is 32.3 Å². The monoisotopic (exact) mass is 279 g/mol. The molecule has 0 radical (unpaired) electrons. The summed E-state index contributed by atoms with van der Waals surface area (Å²) in [6, 6.07) is 4.30. The minimum atomic E-state index is 0.545. The van der Waals surface area contributed by atoms with E-state index in [1.807, 2.05) is 0 Å². The topological polar surface area (TPSA) is 51.4 Å². The lowest BCUT2D eigenvalue weighted by Crippen LogP contribution is -2.31. The first-order chi connectivity index (χ1) is 9.20. The summed E-state index contributed by atoms with van der Waals surface area (Å²) in [5, 5.41) is 0. The molecular formula is C14H21N3OS. The molecule has 1 aromatic rings. The van der Waals surface area contributed by atoms with Gasteiger partial charge in [-0.1, -0.05) is 18.3 Å². The van der Waals surface area contributed by atoms with E-state index in [0.29, 0.717) is 18.0 Å². The zero-order chi connectivity index (χ0) is 13.7. The normalized spacial score (nSPS) is 13.3. The van der Waals surface area contributed by atoms with Crippen LogP contribution in [0.15, 0.2) is 12.1 Å². The molecule has 104 valence electrons. The Balaban J connectivity index is 2.09. The predicted molar refractivity (Wildman–Crippen MR) is 81.8 cm³/mol. The van der Waals surface area contributed by atoms with Crippen LogP contribution in [-0.4, -0.2) is 36.8 Å². The van der Waals surface area contributed by atoms with Crippen molar-refractivity contribution in [2.75, 3.05) is 31.7 Å². The number of nitrogens with zero attached hydrogens (tertiary/aromatic N) is 2. The molecule has 2 rings (SSSR count). The first kappa shape index (κ1) is 14.2. The van der Waals surface area contributed by atoms with Crippen molar-refractivity contribution in [2.45, 2.75) is 25.7 Å². The Morgan fingerprint density at radius 2 is 2.26 bits per heavy atom. The lowest BCUT2D eigenvalue weighted by molar-refractivity contribution is 0.205. The summed E-state index contributed by atoms with van der Waals surface area (Å²) in [5.74, 6) is 1.01. The van der Waals surface area contributed by atoms with Gasteiger partial charge in [0.15, 0.2) is 0 Å². The SMILES string of the molecule is COCCN(CCC(N)=S)c1ccc2c(n1)CCC2. The number of rotatable bonds is 7. The summed E-state index contributed by atoms with van der Waals surface area (Å²) < 4.78 is 5.16. The maximum atomic E-state index is 5.59. The van der Waals surface area contributed by atoms with Crippen LogP contribution < -0.4 is 10.6 Å². The Morgan fingerprint density at radius 3 is 3.00 bits per heavy atom. The second kappa shape index (κ2) is 6.82. The molecule has 0 saturated heterocycles. The number of thiocarbonyl (C=S) groups is 1. The number of pyridine rings is 1. The van der Waals surface area contributed by atoms with Crippen molar-refractivity contribution in [1.29, 1.82) is 0 Å². The predicted octanol–water partition coefficient (Wildman–Crippen LogP) is 1.70. The summed E-state index contributed by atoms with van der Waals surface area (Å²) >= 11 is 4.96. The number of hydrogen-bond donors (Lipinski definition) is 1. The summed E-state index contributed by atoms with van der Waals surface area (Å²) in [5.41, 5.74) is 8.23. The van der Waals surface area contributed by atoms with Crippen molar-refractivity contribution < 1.29 is 4.74 Å². The van der Waals surface area contributed by atoms with Crippen LogP contribution in [0.1, 0.15) is 24.1 Å². The third-order valence-electron chi connectivity index (χ3n) is 3.43. The molecular weight excluding hydrogens is 258 g/mol. The molecule has 2 N–H and O–H groups in total. The Kier molecular flexibility index (Phi) is 5.10. The quantitative estimate of drug-likeness (QED) is 0.770.